The molecule has 0 amide bonds. The zero-order chi connectivity index (χ0) is 13.9. The predicted molar refractivity (Wildman–Crippen MR) is 77.5 cm³/mol. The average Bonchev–Trinajstić information content (AvgIpc) is 2.47. The second-order valence-corrected chi connectivity index (χ2v) is 5.64. The normalized spacial score (nSPS) is 21.9. The minimum atomic E-state index is -0.593. The minimum absolute atomic E-state index is 0.311. The van der Waals surface area contributed by atoms with Gasteiger partial charge in [-0.3, -0.25) is 4.90 Å². The molecule has 106 valence electrons. The van der Waals surface area contributed by atoms with Gasteiger partial charge in [0.05, 0.1) is 19.3 Å². The number of hydrogen-bond acceptors (Lipinski definition) is 3. The highest BCUT2D eigenvalue weighted by Crippen LogP contribution is 2.37. The van der Waals surface area contributed by atoms with E-state index in [0.29, 0.717) is 5.02 Å². The van der Waals surface area contributed by atoms with Crippen molar-refractivity contribution in [3.8, 4) is 0 Å². The van der Waals surface area contributed by atoms with Crippen molar-refractivity contribution < 1.29 is 9.84 Å². The number of morpholine rings is 1. The lowest BCUT2D eigenvalue weighted by atomic mass is 9.85. The van der Waals surface area contributed by atoms with Crippen LogP contribution in [-0.2, 0) is 4.74 Å². The van der Waals surface area contributed by atoms with E-state index in [0.717, 1.165) is 38.3 Å². The van der Waals surface area contributed by atoms with Crippen molar-refractivity contribution in [1.82, 2.24) is 4.90 Å². The molecular weight excluding hydrogens is 262 g/mol. The van der Waals surface area contributed by atoms with Gasteiger partial charge in [0.1, 0.15) is 0 Å². The lowest BCUT2D eigenvalue weighted by Gasteiger charge is -2.46. The summed E-state index contributed by atoms with van der Waals surface area (Å²) in [4.78, 5) is 2.31. The number of benzene rings is 1. The van der Waals surface area contributed by atoms with Crippen LogP contribution in [0.25, 0.3) is 0 Å². The Bertz CT molecular complexity index is 420. The van der Waals surface area contributed by atoms with E-state index < -0.39 is 6.10 Å². The van der Waals surface area contributed by atoms with Gasteiger partial charge in [-0.2, -0.15) is 0 Å². The number of halogens is 1. The lowest BCUT2D eigenvalue weighted by Crippen LogP contribution is -2.54. The zero-order valence-electron chi connectivity index (χ0n) is 11.6. The minimum Gasteiger partial charge on any atom is -0.386 e. The van der Waals surface area contributed by atoms with Crippen LogP contribution in [0, 0.1) is 0 Å². The number of aliphatic hydroxyl groups excluding tert-OH is 1. The van der Waals surface area contributed by atoms with Crippen LogP contribution in [0.5, 0.6) is 0 Å². The highest BCUT2D eigenvalue weighted by atomic mass is 35.5. The van der Waals surface area contributed by atoms with Crippen molar-refractivity contribution in [1.29, 1.82) is 0 Å². The third-order valence-corrected chi connectivity index (χ3v) is 4.58. The van der Waals surface area contributed by atoms with E-state index in [1.165, 1.54) is 0 Å². The molecule has 1 fully saturated rings. The molecule has 2 unspecified atom stereocenters. The van der Waals surface area contributed by atoms with Crippen molar-refractivity contribution in [3.63, 3.8) is 0 Å². The molecule has 1 aliphatic rings. The number of nitrogens with zero attached hydrogens (tertiary/aromatic N) is 1. The smallest absolute Gasteiger partial charge is 0.0985 e. The van der Waals surface area contributed by atoms with Gasteiger partial charge in [-0.25, -0.2) is 0 Å². The molecule has 0 saturated carbocycles. The molecule has 2 atom stereocenters. The molecule has 4 heteroatoms. The Morgan fingerprint density at radius 2 is 2.00 bits per heavy atom. The average molecular weight is 284 g/mol. The van der Waals surface area contributed by atoms with Crippen LogP contribution in [0.4, 0.5) is 0 Å². The van der Waals surface area contributed by atoms with E-state index >= 15 is 0 Å². The standard InChI is InChI=1S/C15H22ClNO2/c1-3-15(2,17-8-10-19-11-9-17)14(18)12-6-4-5-7-13(12)16/h4-7,14,18H,3,8-11H2,1-2H3. The predicted octanol–water partition coefficient (Wildman–Crippen LogP) is 2.87. The first-order valence-electron chi connectivity index (χ1n) is 6.85. The maximum atomic E-state index is 10.8. The van der Waals surface area contributed by atoms with Gasteiger partial charge in [-0.1, -0.05) is 36.7 Å². The topological polar surface area (TPSA) is 32.7 Å². The van der Waals surface area contributed by atoms with Crippen molar-refractivity contribution in [3.05, 3.63) is 34.9 Å². The van der Waals surface area contributed by atoms with Crippen LogP contribution in [0.3, 0.4) is 0 Å². The Morgan fingerprint density at radius 3 is 2.58 bits per heavy atom. The number of ether oxygens (including phenoxy) is 1. The molecule has 1 heterocycles. The van der Waals surface area contributed by atoms with Crippen LogP contribution in [0.2, 0.25) is 5.02 Å². The third-order valence-electron chi connectivity index (χ3n) is 4.24. The summed E-state index contributed by atoms with van der Waals surface area (Å²) >= 11 is 6.22. The molecule has 3 nitrogen and oxygen atoms in total. The van der Waals surface area contributed by atoms with Gasteiger partial charge in [-0.05, 0) is 19.4 Å². The van der Waals surface area contributed by atoms with Gasteiger partial charge in [-0.15, -0.1) is 0 Å². The highest BCUT2D eigenvalue weighted by Gasteiger charge is 2.39. The summed E-state index contributed by atoms with van der Waals surface area (Å²) in [5, 5.41) is 11.4. The van der Waals surface area contributed by atoms with Gasteiger partial charge in [0.25, 0.3) is 0 Å². The zero-order valence-corrected chi connectivity index (χ0v) is 12.4. The monoisotopic (exact) mass is 283 g/mol. The molecule has 2 rings (SSSR count). The third kappa shape index (κ3) is 2.95. The van der Waals surface area contributed by atoms with Crippen LogP contribution in [0.1, 0.15) is 31.9 Å². The molecule has 0 radical (unpaired) electrons. The first-order chi connectivity index (χ1) is 9.09. The first kappa shape index (κ1) is 14.8. The number of hydrogen-bond donors (Lipinski definition) is 1. The van der Waals surface area contributed by atoms with Crippen molar-refractivity contribution in [2.45, 2.75) is 31.9 Å². The summed E-state index contributed by atoms with van der Waals surface area (Å²) in [6.07, 6.45) is 0.267. The Labute approximate surface area is 120 Å². The maximum absolute atomic E-state index is 10.8. The van der Waals surface area contributed by atoms with Crippen molar-refractivity contribution in [2.24, 2.45) is 0 Å². The fourth-order valence-electron chi connectivity index (χ4n) is 2.70. The Hall–Kier alpha value is -0.610. The van der Waals surface area contributed by atoms with E-state index in [2.05, 4.69) is 18.7 Å². The molecule has 19 heavy (non-hydrogen) atoms. The summed E-state index contributed by atoms with van der Waals surface area (Å²) in [5.74, 6) is 0. The summed E-state index contributed by atoms with van der Waals surface area (Å²) in [5.41, 5.74) is 0.495. The fourth-order valence-corrected chi connectivity index (χ4v) is 2.93. The SMILES string of the molecule is CCC(C)(C(O)c1ccccc1Cl)N1CCOCC1. The maximum Gasteiger partial charge on any atom is 0.0985 e. The van der Waals surface area contributed by atoms with Crippen LogP contribution in [-0.4, -0.2) is 41.8 Å². The van der Waals surface area contributed by atoms with Gasteiger partial charge < -0.3 is 9.84 Å². The Morgan fingerprint density at radius 1 is 1.37 bits per heavy atom. The molecule has 1 aromatic rings. The lowest BCUT2D eigenvalue weighted by molar-refractivity contribution is -0.0734. The number of rotatable bonds is 4. The van der Waals surface area contributed by atoms with Gasteiger partial charge >= 0.3 is 0 Å². The molecular formula is C15H22ClNO2. The van der Waals surface area contributed by atoms with Gasteiger partial charge in [0.15, 0.2) is 0 Å². The second kappa shape index (κ2) is 6.23. The van der Waals surface area contributed by atoms with E-state index in [-0.39, 0.29) is 5.54 Å². The van der Waals surface area contributed by atoms with Gasteiger partial charge in [0.2, 0.25) is 0 Å². The quantitative estimate of drug-likeness (QED) is 0.922. The Kier molecular flexibility index (Phi) is 4.85. The van der Waals surface area contributed by atoms with Gasteiger partial charge in [0, 0.05) is 29.2 Å². The van der Waals surface area contributed by atoms with E-state index in [1.54, 1.807) is 0 Å². The largest absolute Gasteiger partial charge is 0.386 e. The van der Waals surface area contributed by atoms with Crippen molar-refractivity contribution in [2.75, 3.05) is 26.3 Å². The van der Waals surface area contributed by atoms with Crippen molar-refractivity contribution >= 4 is 11.6 Å². The molecule has 0 aromatic heterocycles. The van der Waals surface area contributed by atoms with Crippen LogP contribution in [0.15, 0.2) is 24.3 Å². The van der Waals surface area contributed by atoms with E-state index in [9.17, 15) is 5.11 Å². The molecule has 0 bridgehead atoms. The fraction of sp³-hybridized carbons (Fsp3) is 0.600. The van der Waals surface area contributed by atoms with E-state index in [4.69, 9.17) is 16.3 Å². The summed E-state index contributed by atoms with van der Waals surface area (Å²) < 4.78 is 5.40. The molecule has 1 aliphatic heterocycles. The van der Waals surface area contributed by atoms with E-state index in [1.807, 2.05) is 24.3 Å². The molecule has 1 N–H and O–H groups in total. The first-order valence-corrected chi connectivity index (χ1v) is 7.22. The highest BCUT2D eigenvalue weighted by molar-refractivity contribution is 6.31. The second-order valence-electron chi connectivity index (χ2n) is 5.23. The number of aliphatic hydroxyl groups is 1. The molecule has 0 spiro atoms. The Balaban J connectivity index is 2.27. The summed E-state index contributed by atoms with van der Waals surface area (Å²) in [6, 6.07) is 7.53. The molecule has 1 saturated heterocycles. The molecule has 0 aliphatic carbocycles. The summed E-state index contributed by atoms with van der Waals surface area (Å²) in [6.45, 7) is 7.37. The van der Waals surface area contributed by atoms with Crippen LogP contribution >= 0.6 is 11.6 Å². The van der Waals surface area contributed by atoms with Crippen LogP contribution < -0.4 is 0 Å². The molecule has 1 aromatic carbocycles. The summed E-state index contributed by atoms with van der Waals surface area (Å²) in [7, 11) is 0.